The minimum Gasteiger partial charge on any atom is -0.392 e. The molecular formula is C10H19NO3S. The van der Waals surface area contributed by atoms with E-state index >= 15 is 0 Å². The maximum absolute atomic E-state index is 11.3. The summed E-state index contributed by atoms with van der Waals surface area (Å²) in [4.78, 5) is 0. The Labute approximate surface area is 91.0 Å². The summed E-state index contributed by atoms with van der Waals surface area (Å²) in [6, 6.07) is 0.171. The second-order valence-electron chi connectivity index (χ2n) is 4.72. The van der Waals surface area contributed by atoms with Crippen molar-refractivity contribution >= 4 is 9.84 Å². The highest BCUT2D eigenvalue weighted by Gasteiger charge is 2.32. The van der Waals surface area contributed by atoms with Gasteiger partial charge in [0, 0.05) is 12.1 Å². The summed E-state index contributed by atoms with van der Waals surface area (Å²) in [5.41, 5.74) is 0. The quantitative estimate of drug-likeness (QED) is 0.708. The van der Waals surface area contributed by atoms with Crippen LogP contribution in [0.25, 0.3) is 0 Å². The van der Waals surface area contributed by atoms with Gasteiger partial charge in [-0.3, -0.25) is 0 Å². The molecule has 0 amide bonds. The third-order valence-electron chi connectivity index (χ3n) is 3.41. The summed E-state index contributed by atoms with van der Waals surface area (Å²) >= 11 is 0. The number of sulfone groups is 1. The molecule has 3 atom stereocenters. The zero-order valence-electron chi connectivity index (χ0n) is 8.85. The molecule has 2 N–H and O–H groups in total. The van der Waals surface area contributed by atoms with Gasteiger partial charge in [0.2, 0.25) is 0 Å². The Hall–Kier alpha value is -0.130. The van der Waals surface area contributed by atoms with Gasteiger partial charge in [-0.05, 0) is 19.3 Å². The van der Waals surface area contributed by atoms with E-state index in [9.17, 15) is 13.5 Å². The molecule has 88 valence electrons. The lowest BCUT2D eigenvalue weighted by Gasteiger charge is -2.30. The van der Waals surface area contributed by atoms with Gasteiger partial charge in [-0.25, -0.2) is 8.42 Å². The molecule has 2 aliphatic rings. The van der Waals surface area contributed by atoms with E-state index in [1.165, 1.54) is 0 Å². The van der Waals surface area contributed by atoms with Crippen LogP contribution in [0.5, 0.6) is 0 Å². The van der Waals surface area contributed by atoms with Crippen LogP contribution in [0.1, 0.15) is 32.1 Å². The van der Waals surface area contributed by atoms with Crippen LogP contribution in [-0.4, -0.2) is 43.2 Å². The topological polar surface area (TPSA) is 66.4 Å². The third-order valence-corrected chi connectivity index (χ3v) is 5.18. The van der Waals surface area contributed by atoms with Crippen molar-refractivity contribution in [2.24, 2.45) is 0 Å². The number of nitrogens with one attached hydrogen (secondary N) is 1. The highest BCUT2D eigenvalue weighted by molar-refractivity contribution is 7.91. The lowest BCUT2D eigenvalue weighted by Crippen LogP contribution is -2.47. The summed E-state index contributed by atoms with van der Waals surface area (Å²) in [6.07, 6.45) is 4.44. The zero-order valence-corrected chi connectivity index (χ0v) is 9.67. The number of hydrogen-bond acceptors (Lipinski definition) is 4. The molecule has 0 aromatic rings. The van der Waals surface area contributed by atoms with E-state index in [0.717, 1.165) is 25.7 Å². The average Bonchev–Trinajstić information content (AvgIpc) is 2.50. The first-order valence-corrected chi connectivity index (χ1v) is 7.53. The lowest BCUT2D eigenvalue weighted by atomic mass is 9.92. The molecule has 0 aromatic heterocycles. The zero-order chi connectivity index (χ0) is 10.9. The summed E-state index contributed by atoms with van der Waals surface area (Å²) in [6.45, 7) is 0. The normalized spacial score (nSPS) is 40.5. The van der Waals surface area contributed by atoms with Gasteiger partial charge in [-0.2, -0.15) is 0 Å². The molecule has 5 heteroatoms. The SMILES string of the molecule is O=S1(=O)CCC(N[C@H]2CCCC[C@@H]2O)C1. The van der Waals surface area contributed by atoms with Crippen LogP contribution in [0.3, 0.4) is 0 Å². The molecule has 1 unspecified atom stereocenters. The Kier molecular flexibility index (Phi) is 3.33. The maximum Gasteiger partial charge on any atom is 0.151 e. The Morgan fingerprint density at radius 1 is 1.13 bits per heavy atom. The average molecular weight is 233 g/mol. The van der Waals surface area contributed by atoms with E-state index in [4.69, 9.17) is 0 Å². The van der Waals surface area contributed by atoms with Crippen molar-refractivity contribution in [3.05, 3.63) is 0 Å². The van der Waals surface area contributed by atoms with E-state index in [-0.39, 0.29) is 23.9 Å². The third kappa shape index (κ3) is 2.92. The van der Waals surface area contributed by atoms with Crippen molar-refractivity contribution in [3.63, 3.8) is 0 Å². The summed E-state index contributed by atoms with van der Waals surface area (Å²) in [5, 5.41) is 13.0. The highest BCUT2D eigenvalue weighted by Crippen LogP contribution is 2.21. The summed E-state index contributed by atoms with van der Waals surface area (Å²) in [5.74, 6) is 0.545. The molecule has 2 rings (SSSR count). The smallest absolute Gasteiger partial charge is 0.151 e. The molecule has 1 heterocycles. The number of rotatable bonds is 2. The predicted molar refractivity (Wildman–Crippen MR) is 58.5 cm³/mol. The van der Waals surface area contributed by atoms with E-state index in [1.54, 1.807) is 0 Å². The van der Waals surface area contributed by atoms with Gasteiger partial charge in [0.15, 0.2) is 9.84 Å². The molecule has 15 heavy (non-hydrogen) atoms. The molecule has 0 radical (unpaired) electrons. The fraction of sp³-hybridized carbons (Fsp3) is 1.00. The van der Waals surface area contributed by atoms with Gasteiger partial charge in [0.1, 0.15) is 0 Å². The fourth-order valence-corrected chi connectivity index (χ4v) is 4.22. The first-order chi connectivity index (χ1) is 7.07. The summed E-state index contributed by atoms with van der Waals surface area (Å²) in [7, 11) is -2.81. The number of hydrogen-bond donors (Lipinski definition) is 2. The van der Waals surface area contributed by atoms with E-state index in [2.05, 4.69) is 5.32 Å². The van der Waals surface area contributed by atoms with Crippen LogP contribution >= 0.6 is 0 Å². The van der Waals surface area contributed by atoms with Crippen LogP contribution in [0, 0.1) is 0 Å². The first-order valence-electron chi connectivity index (χ1n) is 5.71. The van der Waals surface area contributed by atoms with Gasteiger partial charge < -0.3 is 10.4 Å². The molecule has 1 aliphatic carbocycles. The maximum atomic E-state index is 11.3. The van der Waals surface area contributed by atoms with Gasteiger partial charge >= 0.3 is 0 Å². The van der Waals surface area contributed by atoms with E-state index < -0.39 is 9.84 Å². The minimum atomic E-state index is -2.81. The van der Waals surface area contributed by atoms with Gasteiger partial charge in [0.25, 0.3) is 0 Å². The van der Waals surface area contributed by atoms with E-state index in [0.29, 0.717) is 12.2 Å². The van der Waals surface area contributed by atoms with E-state index in [1.807, 2.05) is 0 Å². The molecular weight excluding hydrogens is 214 g/mol. The van der Waals surface area contributed by atoms with Crippen molar-refractivity contribution < 1.29 is 13.5 Å². The van der Waals surface area contributed by atoms with Crippen LogP contribution in [0.4, 0.5) is 0 Å². The molecule has 0 bridgehead atoms. The van der Waals surface area contributed by atoms with Crippen molar-refractivity contribution in [3.8, 4) is 0 Å². The standard InChI is InChI=1S/C10H19NO3S/c12-10-4-2-1-3-9(10)11-8-5-6-15(13,14)7-8/h8-12H,1-7H2/t8?,9-,10-/m0/s1. The monoisotopic (exact) mass is 233 g/mol. The molecule has 2 fully saturated rings. The predicted octanol–water partition coefficient (Wildman–Crippen LogP) is 0.0666. The van der Waals surface area contributed by atoms with Gasteiger partial charge in [0.05, 0.1) is 17.6 Å². The Balaban J connectivity index is 1.86. The van der Waals surface area contributed by atoms with Crippen molar-refractivity contribution in [2.45, 2.75) is 50.3 Å². The Morgan fingerprint density at radius 2 is 1.87 bits per heavy atom. The summed E-state index contributed by atoms with van der Waals surface area (Å²) < 4.78 is 22.5. The van der Waals surface area contributed by atoms with Crippen LogP contribution in [0.15, 0.2) is 0 Å². The Morgan fingerprint density at radius 3 is 2.47 bits per heavy atom. The van der Waals surface area contributed by atoms with Gasteiger partial charge in [-0.15, -0.1) is 0 Å². The molecule has 1 saturated carbocycles. The first kappa shape index (κ1) is 11.4. The largest absolute Gasteiger partial charge is 0.392 e. The van der Waals surface area contributed by atoms with Gasteiger partial charge in [-0.1, -0.05) is 12.8 Å². The van der Waals surface area contributed by atoms with Crippen LogP contribution < -0.4 is 5.32 Å². The molecule has 1 saturated heterocycles. The number of aliphatic hydroxyl groups excluding tert-OH is 1. The highest BCUT2D eigenvalue weighted by atomic mass is 32.2. The second kappa shape index (κ2) is 4.39. The molecule has 0 spiro atoms. The second-order valence-corrected chi connectivity index (χ2v) is 6.95. The number of aliphatic hydroxyl groups is 1. The molecule has 0 aromatic carbocycles. The van der Waals surface area contributed by atoms with Crippen molar-refractivity contribution in [1.82, 2.24) is 5.32 Å². The molecule has 4 nitrogen and oxygen atoms in total. The minimum absolute atomic E-state index is 0.0627. The van der Waals surface area contributed by atoms with Crippen molar-refractivity contribution in [2.75, 3.05) is 11.5 Å². The lowest BCUT2D eigenvalue weighted by molar-refractivity contribution is 0.0864. The Bertz CT molecular complexity index is 315. The fourth-order valence-electron chi connectivity index (χ4n) is 2.53. The molecule has 1 aliphatic heterocycles. The van der Waals surface area contributed by atoms with Crippen LogP contribution in [-0.2, 0) is 9.84 Å². The van der Waals surface area contributed by atoms with Crippen molar-refractivity contribution in [1.29, 1.82) is 0 Å². The van der Waals surface area contributed by atoms with Crippen LogP contribution in [0.2, 0.25) is 0 Å².